The minimum atomic E-state index is -4.47. The van der Waals surface area contributed by atoms with Gasteiger partial charge in [-0.05, 0) is 71.8 Å². The molecule has 2 aliphatic carbocycles. The number of ether oxygens (including phenoxy) is 1. The summed E-state index contributed by atoms with van der Waals surface area (Å²) in [5.41, 5.74) is -2.83. The van der Waals surface area contributed by atoms with E-state index < -0.39 is 41.1 Å². The zero-order valence-electron chi connectivity index (χ0n) is 23.4. The smallest absolute Gasteiger partial charge is 0.446 e. The monoisotopic (exact) mass is 628 g/mol. The number of carbonyl (C=O) groups excluding carboxylic acids is 2. The van der Waals surface area contributed by atoms with Gasteiger partial charge in [-0.3, -0.25) is 14.4 Å². The Balaban J connectivity index is 1.35. The van der Waals surface area contributed by atoms with Gasteiger partial charge in [-0.15, -0.1) is 0 Å². The summed E-state index contributed by atoms with van der Waals surface area (Å²) in [7, 11) is 1.31. The van der Waals surface area contributed by atoms with Gasteiger partial charge >= 0.3 is 11.5 Å². The van der Waals surface area contributed by atoms with Gasteiger partial charge in [0.05, 0.1) is 18.6 Å². The summed E-state index contributed by atoms with van der Waals surface area (Å²) in [6.45, 7) is 0. The number of anilines is 1. The molecular formula is C32H28F4N2O5S. The number of hydrogen-bond acceptors (Lipinski definition) is 5. The first kappa shape index (κ1) is 31.1. The lowest BCUT2D eigenvalue weighted by Gasteiger charge is -2.28. The van der Waals surface area contributed by atoms with Gasteiger partial charge in [0, 0.05) is 34.7 Å². The fourth-order valence-electron chi connectivity index (χ4n) is 5.83. The van der Waals surface area contributed by atoms with Crippen molar-refractivity contribution < 1.29 is 41.8 Å². The Labute approximate surface area is 254 Å². The minimum Gasteiger partial charge on any atom is -0.496 e. The summed E-state index contributed by atoms with van der Waals surface area (Å²) in [6.07, 6.45) is 4.73. The van der Waals surface area contributed by atoms with Crippen LogP contribution < -0.4 is 15.4 Å². The second kappa shape index (κ2) is 12.7. The molecule has 4 unspecified atom stereocenters. The van der Waals surface area contributed by atoms with E-state index in [2.05, 4.69) is 10.6 Å². The van der Waals surface area contributed by atoms with Crippen LogP contribution in [0.5, 0.6) is 5.75 Å². The molecule has 7 nitrogen and oxygen atoms in total. The molecule has 2 aliphatic rings. The second-order valence-electron chi connectivity index (χ2n) is 10.7. The van der Waals surface area contributed by atoms with Crippen molar-refractivity contribution in [2.24, 2.45) is 17.8 Å². The van der Waals surface area contributed by atoms with Crippen LogP contribution >= 0.6 is 11.8 Å². The molecule has 0 heterocycles. The summed E-state index contributed by atoms with van der Waals surface area (Å²) in [5, 5.41) is 14.5. The van der Waals surface area contributed by atoms with Crippen LogP contribution in [0.1, 0.15) is 28.8 Å². The molecule has 0 spiro atoms. The average Bonchev–Trinajstić information content (AvgIpc) is 3.57. The first-order valence-corrected chi connectivity index (χ1v) is 14.6. The molecule has 0 saturated heterocycles. The Hall–Kier alpha value is -4.32. The van der Waals surface area contributed by atoms with Gasteiger partial charge in [0.1, 0.15) is 11.6 Å². The number of amides is 2. The predicted molar refractivity (Wildman–Crippen MR) is 157 cm³/mol. The normalized spacial score (nSPS) is 20.4. The van der Waals surface area contributed by atoms with Crippen molar-refractivity contribution in [2.75, 3.05) is 12.4 Å². The largest absolute Gasteiger partial charge is 0.496 e. The van der Waals surface area contributed by atoms with Crippen LogP contribution in [0.2, 0.25) is 0 Å². The Morgan fingerprint density at radius 3 is 2.43 bits per heavy atom. The number of aryl methyl sites for hydroxylation is 1. The van der Waals surface area contributed by atoms with Crippen LogP contribution in [0.3, 0.4) is 0 Å². The number of benzene rings is 3. The van der Waals surface area contributed by atoms with E-state index in [0.29, 0.717) is 18.4 Å². The zero-order chi connectivity index (χ0) is 31.6. The third kappa shape index (κ3) is 7.07. The number of carboxylic acid groups (broad SMARTS) is 1. The molecule has 5 rings (SSSR count). The molecule has 3 aromatic rings. The maximum absolute atomic E-state index is 15.1. The van der Waals surface area contributed by atoms with Gasteiger partial charge in [-0.1, -0.05) is 42.5 Å². The molecule has 12 heteroatoms. The van der Waals surface area contributed by atoms with Crippen molar-refractivity contribution in [1.29, 1.82) is 0 Å². The quantitative estimate of drug-likeness (QED) is 0.131. The van der Waals surface area contributed by atoms with Gasteiger partial charge < -0.3 is 20.5 Å². The van der Waals surface area contributed by atoms with E-state index in [1.165, 1.54) is 37.4 Å². The average molecular weight is 629 g/mol. The number of methoxy groups -OCH3 is 1. The van der Waals surface area contributed by atoms with Crippen molar-refractivity contribution in [1.82, 2.24) is 5.32 Å². The van der Waals surface area contributed by atoms with Gasteiger partial charge in [0.15, 0.2) is 0 Å². The second-order valence-corrected chi connectivity index (χ2v) is 11.8. The molecule has 44 heavy (non-hydrogen) atoms. The number of allylic oxidation sites excluding steroid dienone is 1. The highest BCUT2D eigenvalue weighted by Gasteiger charge is 2.49. The number of rotatable bonds is 10. The van der Waals surface area contributed by atoms with Crippen LogP contribution in [-0.2, 0) is 16.0 Å². The molecule has 1 fully saturated rings. The van der Waals surface area contributed by atoms with Crippen LogP contribution in [0.15, 0.2) is 77.7 Å². The lowest BCUT2D eigenvalue weighted by Crippen LogP contribution is -2.47. The highest BCUT2D eigenvalue weighted by atomic mass is 32.2. The summed E-state index contributed by atoms with van der Waals surface area (Å²) < 4.78 is 59.0. The topological polar surface area (TPSA) is 105 Å². The van der Waals surface area contributed by atoms with Crippen LogP contribution in [0, 0.1) is 23.6 Å². The number of carbonyl (C=O) groups is 3. The van der Waals surface area contributed by atoms with Crippen molar-refractivity contribution in [2.45, 2.75) is 35.7 Å². The van der Waals surface area contributed by atoms with Crippen molar-refractivity contribution in [3.63, 3.8) is 0 Å². The van der Waals surface area contributed by atoms with Gasteiger partial charge in [-0.2, -0.15) is 13.2 Å². The first-order chi connectivity index (χ1) is 20.9. The summed E-state index contributed by atoms with van der Waals surface area (Å²) in [5.74, 6) is -3.56. The van der Waals surface area contributed by atoms with Crippen LogP contribution in [0.25, 0.3) is 11.1 Å². The van der Waals surface area contributed by atoms with E-state index in [0.717, 1.165) is 11.6 Å². The zero-order valence-corrected chi connectivity index (χ0v) is 24.2. The number of thioether (sulfide) groups is 1. The maximum Gasteiger partial charge on any atom is 0.446 e. The highest BCUT2D eigenvalue weighted by molar-refractivity contribution is 8.00. The molecule has 2 amide bonds. The number of halogens is 4. The Bertz CT molecular complexity index is 1610. The molecule has 0 aromatic heterocycles. The molecule has 0 aliphatic heterocycles. The molecular weight excluding hydrogens is 600 g/mol. The van der Waals surface area contributed by atoms with Crippen LogP contribution in [-0.4, -0.2) is 41.6 Å². The summed E-state index contributed by atoms with van der Waals surface area (Å²) >= 11 is -0.279. The molecule has 0 radical (unpaired) electrons. The Morgan fingerprint density at radius 1 is 1.02 bits per heavy atom. The number of hydrogen-bond donors (Lipinski definition) is 3. The lowest BCUT2D eigenvalue weighted by atomic mass is 9.87. The SMILES string of the molecule is COc1cc(F)c(-c2ccc(CCC(=O)O)cc2)cc1C(=O)NC1C2C=CC(C2)C1C(=O)Nc1cccc(SC(F)(F)F)c1. The fourth-order valence-corrected chi connectivity index (χ4v) is 6.43. The van der Waals surface area contributed by atoms with Crippen molar-refractivity contribution in [3.05, 3.63) is 89.8 Å². The third-order valence-corrected chi connectivity index (χ3v) is 8.54. The number of nitrogens with one attached hydrogen (secondary N) is 2. The number of fused-ring (bicyclic) bond motifs is 2. The van der Waals surface area contributed by atoms with E-state index in [4.69, 9.17) is 9.84 Å². The van der Waals surface area contributed by atoms with Gasteiger partial charge in [0.25, 0.3) is 5.91 Å². The molecule has 230 valence electrons. The van der Waals surface area contributed by atoms with Crippen LogP contribution in [0.4, 0.5) is 23.2 Å². The molecule has 4 atom stereocenters. The Morgan fingerprint density at radius 2 is 1.75 bits per heavy atom. The van der Waals surface area contributed by atoms with E-state index in [1.54, 1.807) is 24.3 Å². The molecule has 1 saturated carbocycles. The standard InChI is InChI=1S/C32H28F4N2O5S/c1-43-26-16-25(33)23(18-8-5-17(6-9-18)7-12-27(39)40)15-24(26)30(41)38-29-20-11-10-19(13-20)28(29)31(42)37-21-3-2-4-22(14-21)44-32(34,35)36/h2-6,8-11,14-16,19-20,28-29H,7,12-13H2,1H3,(H,37,42)(H,38,41)(H,39,40). The highest BCUT2D eigenvalue weighted by Crippen LogP contribution is 2.45. The number of carboxylic acids is 1. The molecule has 3 aromatic carbocycles. The van der Waals surface area contributed by atoms with E-state index >= 15 is 4.39 Å². The summed E-state index contributed by atoms with van der Waals surface area (Å²) in [4.78, 5) is 37.8. The van der Waals surface area contributed by atoms with Gasteiger partial charge in [0.2, 0.25) is 5.91 Å². The van der Waals surface area contributed by atoms with Crippen molar-refractivity contribution in [3.8, 4) is 16.9 Å². The first-order valence-electron chi connectivity index (χ1n) is 13.8. The minimum absolute atomic E-state index is 0.000470. The third-order valence-electron chi connectivity index (χ3n) is 7.82. The van der Waals surface area contributed by atoms with Gasteiger partial charge in [-0.25, -0.2) is 4.39 Å². The predicted octanol–water partition coefficient (Wildman–Crippen LogP) is 6.69. The molecule has 3 N–H and O–H groups in total. The molecule has 2 bridgehead atoms. The summed E-state index contributed by atoms with van der Waals surface area (Å²) in [6, 6.07) is 14.0. The lowest BCUT2D eigenvalue weighted by molar-refractivity contribution is -0.137. The van der Waals surface area contributed by atoms with E-state index in [-0.39, 0.29) is 57.5 Å². The Kier molecular flexibility index (Phi) is 9.00. The number of alkyl halides is 3. The number of aliphatic carboxylic acids is 1. The fraction of sp³-hybridized carbons (Fsp3) is 0.281. The van der Waals surface area contributed by atoms with Crippen molar-refractivity contribution >= 4 is 35.2 Å². The van der Waals surface area contributed by atoms with E-state index in [9.17, 15) is 27.6 Å². The maximum atomic E-state index is 15.1. The van der Waals surface area contributed by atoms with E-state index in [1.807, 2.05) is 12.2 Å².